The molecule has 0 aliphatic carbocycles. The Morgan fingerprint density at radius 2 is 1.94 bits per heavy atom. The van der Waals surface area contributed by atoms with Crippen LogP contribution in [0.5, 0.6) is 0 Å². The van der Waals surface area contributed by atoms with E-state index in [1.54, 1.807) is 6.08 Å². The second-order valence-corrected chi connectivity index (χ2v) is 3.83. The van der Waals surface area contributed by atoms with E-state index in [2.05, 4.69) is 11.3 Å². The minimum Gasteiger partial charge on any atom is -0.438 e. The van der Waals surface area contributed by atoms with Crippen molar-refractivity contribution < 1.29 is 14.3 Å². The van der Waals surface area contributed by atoms with E-state index in [0.717, 1.165) is 16.3 Å². The zero-order valence-electron chi connectivity index (χ0n) is 10.1. The predicted octanol–water partition coefficient (Wildman–Crippen LogP) is 3.85. The summed E-state index contributed by atoms with van der Waals surface area (Å²) < 4.78 is 9.59. The van der Waals surface area contributed by atoms with Crippen LogP contribution in [0.2, 0.25) is 0 Å². The van der Waals surface area contributed by atoms with Gasteiger partial charge in [0, 0.05) is 0 Å². The fourth-order valence-electron chi connectivity index (χ4n) is 1.79. The Balaban J connectivity index is 2.33. The van der Waals surface area contributed by atoms with Crippen molar-refractivity contribution in [1.82, 2.24) is 0 Å². The maximum Gasteiger partial charge on any atom is 0.508 e. The number of carbonyl (C=O) groups is 1. The van der Waals surface area contributed by atoms with Gasteiger partial charge in [-0.1, -0.05) is 43.0 Å². The molecule has 0 spiro atoms. The van der Waals surface area contributed by atoms with Gasteiger partial charge in [0.15, 0.2) is 0 Å². The maximum atomic E-state index is 11.1. The van der Waals surface area contributed by atoms with Crippen LogP contribution in [0.1, 0.15) is 11.7 Å². The molecular formula is C15H14O3. The van der Waals surface area contributed by atoms with Gasteiger partial charge in [-0.3, -0.25) is 0 Å². The Morgan fingerprint density at radius 3 is 2.61 bits per heavy atom. The summed E-state index contributed by atoms with van der Waals surface area (Å²) in [6.45, 7) is 3.67. The molecule has 0 saturated carbocycles. The van der Waals surface area contributed by atoms with Crippen molar-refractivity contribution in [1.29, 1.82) is 0 Å². The number of hydrogen-bond donors (Lipinski definition) is 0. The van der Waals surface area contributed by atoms with E-state index in [4.69, 9.17) is 4.74 Å². The summed E-state index contributed by atoms with van der Waals surface area (Å²) in [5.74, 6) is 0. The Hall–Kier alpha value is -2.29. The molecule has 3 heteroatoms. The molecule has 0 aliphatic rings. The fourth-order valence-corrected chi connectivity index (χ4v) is 1.79. The number of hydrogen-bond acceptors (Lipinski definition) is 3. The summed E-state index contributed by atoms with van der Waals surface area (Å²) in [7, 11) is 1.28. The molecule has 2 aromatic rings. The van der Waals surface area contributed by atoms with E-state index < -0.39 is 12.3 Å². The lowest BCUT2D eigenvalue weighted by Crippen LogP contribution is -2.09. The smallest absolute Gasteiger partial charge is 0.438 e. The summed E-state index contributed by atoms with van der Waals surface area (Å²) in [5.41, 5.74) is 0.870. The minimum atomic E-state index is -0.715. The highest BCUT2D eigenvalue weighted by atomic mass is 16.7. The molecule has 2 rings (SSSR count). The molecule has 0 unspecified atom stereocenters. The molecule has 3 nitrogen and oxygen atoms in total. The predicted molar refractivity (Wildman–Crippen MR) is 70.4 cm³/mol. The first kappa shape index (κ1) is 12.2. The summed E-state index contributed by atoms with van der Waals surface area (Å²) in [6.07, 6.45) is 0.358. The summed E-state index contributed by atoms with van der Waals surface area (Å²) in [4.78, 5) is 11.1. The van der Waals surface area contributed by atoms with Crippen molar-refractivity contribution in [2.75, 3.05) is 7.11 Å². The Bertz CT molecular complexity index is 575. The Kier molecular flexibility index (Phi) is 3.63. The molecule has 18 heavy (non-hydrogen) atoms. The number of fused-ring (bicyclic) bond motifs is 1. The zero-order valence-corrected chi connectivity index (χ0v) is 10.1. The third-order valence-corrected chi connectivity index (χ3v) is 2.71. The lowest BCUT2D eigenvalue weighted by molar-refractivity contribution is 0.0523. The molecule has 1 atom stereocenters. The van der Waals surface area contributed by atoms with Crippen LogP contribution >= 0.6 is 0 Å². The molecule has 0 N–H and O–H groups in total. The van der Waals surface area contributed by atoms with E-state index in [1.807, 2.05) is 42.5 Å². The van der Waals surface area contributed by atoms with Crippen molar-refractivity contribution >= 4 is 16.9 Å². The Morgan fingerprint density at radius 1 is 1.22 bits per heavy atom. The first-order valence-electron chi connectivity index (χ1n) is 5.60. The van der Waals surface area contributed by atoms with Crippen LogP contribution in [0.25, 0.3) is 10.8 Å². The van der Waals surface area contributed by atoms with E-state index in [0.29, 0.717) is 0 Å². The van der Waals surface area contributed by atoms with Gasteiger partial charge in [-0.2, -0.15) is 0 Å². The molecule has 0 heterocycles. The number of rotatable bonds is 3. The molecule has 0 fully saturated rings. The summed E-state index contributed by atoms with van der Waals surface area (Å²) >= 11 is 0. The highest BCUT2D eigenvalue weighted by Gasteiger charge is 2.13. The van der Waals surface area contributed by atoms with Crippen molar-refractivity contribution in [3.63, 3.8) is 0 Å². The fraction of sp³-hybridized carbons (Fsp3) is 0.133. The van der Waals surface area contributed by atoms with Gasteiger partial charge in [0.2, 0.25) is 0 Å². The van der Waals surface area contributed by atoms with Crippen molar-refractivity contribution in [2.45, 2.75) is 6.10 Å². The van der Waals surface area contributed by atoms with Crippen LogP contribution in [0, 0.1) is 0 Å². The van der Waals surface area contributed by atoms with Crippen LogP contribution in [0.15, 0.2) is 55.1 Å². The third-order valence-electron chi connectivity index (χ3n) is 2.71. The molecule has 0 bridgehead atoms. The number of carbonyl (C=O) groups excluding carboxylic acids is 1. The number of ether oxygens (including phenoxy) is 2. The van der Waals surface area contributed by atoms with E-state index in [9.17, 15) is 4.79 Å². The molecule has 0 aliphatic heterocycles. The topological polar surface area (TPSA) is 35.5 Å². The standard InChI is InChI=1S/C15H14O3/c1-3-14(18-15(16)17-2)13-9-8-11-6-4-5-7-12(11)10-13/h3-10,14H,1H2,2H3/t14-/m0/s1. The lowest BCUT2D eigenvalue weighted by atomic mass is 10.0. The van der Waals surface area contributed by atoms with Gasteiger partial charge in [-0.05, 0) is 28.5 Å². The molecule has 2 aromatic carbocycles. The van der Waals surface area contributed by atoms with Gasteiger partial charge < -0.3 is 9.47 Å². The van der Waals surface area contributed by atoms with Crippen LogP contribution in [0.4, 0.5) is 4.79 Å². The van der Waals surface area contributed by atoms with Crippen LogP contribution in [-0.4, -0.2) is 13.3 Å². The largest absolute Gasteiger partial charge is 0.508 e. The molecular weight excluding hydrogens is 228 g/mol. The highest BCUT2D eigenvalue weighted by Crippen LogP contribution is 2.23. The molecule has 0 saturated heterocycles. The van der Waals surface area contributed by atoms with E-state index in [1.165, 1.54) is 7.11 Å². The first-order chi connectivity index (χ1) is 8.74. The molecule has 0 aromatic heterocycles. The van der Waals surface area contributed by atoms with E-state index in [-0.39, 0.29) is 0 Å². The van der Waals surface area contributed by atoms with Gasteiger partial charge >= 0.3 is 6.16 Å². The molecule has 0 amide bonds. The van der Waals surface area contributed by atoms with E-state index >= 15 is 0 Å². The second kappa shape index (κ2) is 5.36. The zero-order chi connectivity index (χ0) is 13.0. The Labute approximate surface area is 106 Å². The first-order valence-corrected chi connectivity index (χ1v) is 5.60. The van der Waals surface area contributed by atoms with Gasteiger partial charge in [0.1, 0.15) is 6.10 Å². The maximum absolute atomic E-state index is 11.1. The van der Waals surface area contributed by atoms with Crippen molar-refractivity contribution in [3.8, 4) is 0 Å². The normalized spacial score (nSPS) is 11.8. The molecule has 92 valence electrons. The van der Waals surface area contributed by atoms with Crippen LogP contribution < -0.4 is 0 Å². The van der Waals surface area contributed by atoms with Gasteiger partial charge in [0.25, 0.3) is 0 Å². The summed E-state index contributed by atoms with van der Waals surface area (Å²) in [6, 6.07) is 13.9. The average molecular weight is 242 g/mol. The minimum absolute atomic E-state index is 0.498. The number of methoxy groups -OCH3 is 1. The van der Waals surface area contributed by atoms with Crippen LogP contribution in [0.3, 0.4) is 0 Å². The summed E-state index contributed by atoms with van der Waals surface area (Å²) in [5, 5.41) is 2.23. The van der Waals surface area contributed by atoms with Gasteiger partial charge in [-0.25, -0.2) is 4.79 Å². The molecule has 0 radical (unpaired) electrons. The quantitative estimate of drug-likeness (QED) is 0.605. The SMILES string of the molecule is C=C[C@H](OC(=O)OC)c1ccc2ccccc2c1. The average Bonchev–Trinajstić information content (AvgIpc) is 2.44. The lowest BCUT2D eigenvalue weighted by Gasteiger charge is -2.13. The van der Waals surface area contributed by atoms with Gasteiger partial charge in [0.05, 0.1) is 7.11 Å². The van der Waals surface area contributed by atoms with Gasteiger partial charge in [-0.15, -0.1) is 0 Å². The number of benzene rings is 2. The highest BCUT2D eigenvalue weighted by molar-refractivity contribution is 5.83. The monoisotopic (exact) mass is 242 g/mol. The van der Waals surface area contributed by atoms with Crippen LogP contribution in [-0.2, 0) is 9.47 Å². The third kappa shape index (κ3) is 2.51. The second-order valence-electron chi connectivity index (χ2n) is 3.83. The van der Waals surface area contributed by atoms with Crippen molar-refractivity contribution in [2.24, 2.45) is 0 Å². The van der Waals surface area contributed by atoms with Crippen molar-refractivity contribution in [3.05, 3.63) is 60.7 Å².